The van der Waals surface area contributed by atoms with E-state index in [1.54, 1.807) is 0 Å². The zero-order valence-electron chi connectivity index (χ0n) is 8.56. The molecule has 0 atom stereocenters. The molecule has 0 aromatic heterocycles. The molecule has 0 spiro atoms. The minimum Gasteiger partial charge on any atom is -0.317 e. The van der Waals surface area contributed by atoms with Crippen LogP contribution in [0.25, 0.3) is 0 Å². The molecule has 0 aliphatic carbocycles. The van der Waals surface area contributed by atoms with Gasteiger partial charge in [0.2, 0.25) is 0 Å². The van der Waals surface area contributed by atoms with Crippen molar-refractivity contribution < 1.29 is 4.39 Å². The molecule has 0 bridgehead atoms. The number of hydrogen-bond donors (Lipinski definition) is 1. The molecule has 0 aromatic carbocycles. The largest absolute Gasteiger partial charge is 0.317 e. The Morgan fingerprint density at radius 3 is 2.62 bits per heavy atom. The van der Waals surface area contributed by atoms with Gasteiger partial charge in [-0.15, -0.1) is 0 Å². The standard InChI is InChI=1S/C10H21FN2/c1-2-12-9-10-3-6-13(7-4-10)8-5-11/h10,12H,2-9H2,1H3. The van der Waals surface area contributed by atoms with E-state index in [-0.39, 0.29) is 6.67 Å². The summed E-state index contributed by atoms with van der Waals surface area (Å²) in [5, 5.41) is 3.37. The van der Waals surface area contributed by atoms with Gasteiger partial charge in [-0.1, -0.05) is 6.92 Å². The van der Waals surface area contributed by atoms with Crippen LogP contribution in [0.15, 0.2) is 0 Å². The lowest BCUT2D eigenvalue weighted by atomic mass is 9.97. The van der Waals surface area contributed by atoms with Crippen LogP contribution >= 0.6 is 0 Å². The van der Waals surface area contributed by atoms with E-state index >= 15 is 0 Å². The number of nitrogens with zero attached hydrogens (tertiary/aromatic N) is 1. The van der Waals surface area contributed by atoms with Gasteiger partial charge < -0.3 is 10.2 Å². The van der Waals surface area contributed by atoms with E-state index in [1.165, 1.54) is 12.8 Å². The second-order valence-corrected chi connectivity index (χ2v) is 3.78. The lowest BCUT2D eigenvalue weighted by Gasteiger charge is -2.31. The zero-order chi connectivity index (χ0) is 9.52. The van der Waals surface area contributed by atoms with Crippen LogP contribution in [0.5, 0.6) is 0 Å². The van der Waals surface area contributed by atoms with Crippen LogP contribution in [0, 0.1) is 5.92 Å². The van der Waals surface area contributed by atoms with Crippen molar-refractivity contribution in [1.82, 2.24) is 10.2 Å². The fourth-order valence-electron chi connectivity index (χ4n) is 1.88. The number of piperidine rings is 1. The number of nitrogens with one attached hydrogen (secondary N) is 1. The average Bonchev–Trinajstić information content (AvgIpc) is 2.17. The van der Waals surface area contributed by atoms with Gasteiger partial charge in [-0.2, -0.15) is 0 Å². The van der Waals surface area contributed by atoms with E-state index in [0.717, 1.165) is 32.1 Å². The monoisotopic (exact) mass is 188 g/mol. The highest BCUT2D eigenvalue weighted by molar-refractivity contribution is 4.73. The highest BCUT2D eigenvalue weighted by Gasteiger charge is 2.17. The second kappa shape index (κ2) is 6.33. The molecule has 1 N–H and O–H groups in total. The summed E-state index contributed by atoms with van der Waals surface area (Å²) in [7, 11) is 0. The van der Waals surface area contributed by atoms with Gasteiger partial charge in [0.05, 0.1) is 0 Å². The molecule has 0 unspecified atom stereocenters. The quantitative estimate of drug-likeness (QED) is 0.699. The summed E-state index contributed by atoms with van der Waals surface area (Å²) >= 11 is 0. The summed E-state index contributed by atoms with van der Waals surface area (Å²) in [4.78, 5) is 2.22. The van der Waals surface area contributed by atoms with Crippen molar-refractivity contribution in [3.05, 3.63) is 0 Å². The van der Waals surface area contributed by atoms with Crippen molar-refractivity contribution in [3.63, 3.8) is 0 Å². The summed E-state index contributed by atoms with van der Waals surface area (Å²) in [5.41, 5.74) is 0. The average molecular weight is 188 g/mol. The Morgan fingerprint density at radius 2 is 2.08 bits per heavy atom. The van der Waals surface area contributed by atoms with Gasteiger partial charge in [0, 0.05) is 6.54 Å². The van der Waals surface area contributed by atoms with Gasteiger partial charge in [-0.25, -0.2) is 4.39 Å². The van der Waals surface area contributed by atoms with E-state index in [1.807, 2.05) is 0 Å². The van der Waals surface area contributed by atoms with Gasteiger partial charge in [0.15, 0.2) is 0 Å². The molecule has 1 fully saturated rings. The maximum Gasteiger partial charge on any atom is 0.102 e. The SMILES string of the molecule is CCNCC1CCN(CCF)CC1. The maximum atomic E-state index is 12.0. The van der Waals surface area contributed by atoms with Crippen molar-refractivity contribution in [2.24, 2.45) is 5.92 Å². The molecule has 0 saturated carbocycles. The number of rotatable bonds is 5. The minimum atomic E-state index is -0.197. The van der Waals surface area contributed by atoms with Gasteiger partial charge in [0.25, 0.3) is 0 Å². The topological polar surface area (TPSA) is 15.3 Å². The van der Waals surface area contributed by atoms with Gasteiger partial charge in [-0.3, -0.25) is 0 Å². The van der Waals surface area contributed by atoms with Gasteiger partial charge in [-0.05, 0) is 44.9 Å². The minimum absolute atomic E-state index is 0.197. The fraction of sp³-hybridized carbons (Fsp3) is 1.00. The fourth-order valence-corrected chi connectivity index (χ4v) is 1.88. The van der Waals surface area contributed by atoms with E-state index in [4.69, 9.17) is 0 Å². The van der Waals surface area contributed by atoms with Crippen molar-refractivity contribution >= 4 is 0 Å². The summed E-state index contributed by atoms with van der Waals surface area (Å²) in [5.74, 6) is 0.816. The Hall–Kier alpha value is -0.150. The molecule has 0 aromatic rings. The predicted octanol–water partition coefficient (Wildman–Crippen LogP) is 1.28. The summed E-state index contributed by atoms with van der Waals surface area (Å²) in [6, 6.07) is 0. The molecule has 13 heavy (non-hydrogen) atoms. The van der Waals surface area contributed by atoms with Crippen LogP contribution in [0.1, 0.15) is 19.8 Å². The molecule has 3 heteroatoms. The van der Waals surface area contributed by atoms with Crippen molar-refractivity contribution in [1.29, 1.82) is 0 Å². The number of alkyl halides is 1. The van der Waals surface area contributed by atoms with Crippen molar-refractivity contribution in [3.8, 4) is 0 Å². The van der Waals surface area contributed by atoms with Crippen molar-refractivity contribution in [2.75, 3.05) is 39.4 Å². The first-order chi connectivity index (χ1) is 6.36. The Balaban J connectivity index is 2.08. The molecule has 1 aliphatic heterocycles. The van der Waals surface area contributed by atoms with E-state index in [2.05, 4.69) is 17.1 Å². The molecule has 0 radical (unpaired) electrons. The second-order valence-electron chi connectivity index (χ2n) is 3.78. The Labute approximate surface area is 80.5 Å². The number of likely N-dealkylation sites (tertiary alicyclic amines) is 1. The van der Waals surface area contributed by atoms with Crippen LogP contribution in [0.4, 0.5) is 4.39 Å². The van der Waals surface area contributed by atoms with Crippen LogP contribution in [-0.2, 0) is 0 Å². The Kier molecular flexibility index (Phi) is 5.32. The third kappa shape index (κ3) is 4.05. The Morgan fingerprint density at radius 1 is 1.38 bits per heavy atom. The first kappa shape index (κ1) is 10.9. The third-order valence-electron chi connectivity index (χ3n) is 2.79. The Bertz CT molecular complexity index is 122. The van der Waals surface area contributed by atoms with E-state index in [0.29, 0.717) is 6.54 Å². The molecular weight excluding hydrogens is 167 g/mol. The third-order valence-corrected chi connectivity index (χ3v) is 2.79. The van der Waals surface area contributed by atoms with Gasteiger partial charge in [0.1, 0.15) is 6.67 Å². The smallest absolute Gasteiger partial charge is 0.102 e. The first-order valence-electron chi connectivity index (χ1n) is 5.35. The maximum absolute atomic E-state index is 12.0. The molecule has 0 amide bonds. The van der Waals surface area contributed by atoms with Crippen LogP contribution in [0.3, 0.4) is 0 Å². The summed E-state index contributed by atoms with van der Waals surface area (Å²) < 4.78 is 12.0. The highest BCUT2D eigenvalue weighted by Crippen LogP contribution is 2.15. The summed E-state index contributed by atoms with van der Waals surface area (Å²) in [6.45, 7) is 6.94. The van der Waals surface area contributed by atoms with Crippen LogP contribution in [0.2, 0.25) is 0 Å². The normalized spacial score (nSPS) is 20.8. The van der Waals surface area contributed by atoms with E-state index < -0.39 is 0 Å². The van der Waals surface area contributed by atoms with Gasteiger partial charge >= 0.3 is 0 Å². The van der Waals surface area contributed by atoms with Crippen LogP contribution in [-0.4, -0.2) is 44.3 Å². The zero-order valence-corrected chi connectivity index (χ0v) is 8.56. The molecule has 1 saturated heterocycles. The predicted molar refractivity (Wildman–Crippen MR) is 53.7 cm³/mol. The molecule has 1 heterocycles. The first-order valence-corrected chi connectivity index (χ1v) is 5.35. The number of hydrogen-bond acceptors (Lipinski definition) is 2. The lowest BCUT2D eigenvalue weighted by molar-refractivity contribution is 0.171. The summed E-state index contributed by atoms with van der Waals surface area (Å²) in [6.07, 6.45) is 2.46. The molecule has 1 rings (SSSR count). The molecular formula is C10H21FN2. The molecule has 2 nitrogen and oxygen atoms in total. The lowest BCUT2D eigenvalue weighted by Crippen LogP contribution is -2.38. The van der Waals surface area contributed by atoms with Crippen LogP contribution < -0.4 is 5.32 Å². The van der Waals surface area contributed by atoms with Crippen molar-refractivity contribution in [2.45, 2.75) is 19.8 Å². The van der Waals surface area contributed by atoms with E-state index in [9.17, 15) is 4.39 Å². The highest BCUT2D eigenvalue weighted by atomic mass is 19.1. The molecule has 1 aliphatic rings. The number of halogens is 1. The molecule has 78 valence electrons.